The first kappa shape index (κ1) is 22.7. The molecular weight excluding hydrogens is 432 g/mol. The van der Waals surface area contributed by atoms with Crippen molar-refractivity contribution in [3.63, 3.8) is 0 Å². The number of carbonyl (C=O) groups is 2. The van der Waals surface area contributed by atoms with Gasteiger partial charge in [0.05, 0.1) is 5.92 Å². The molecule has 7 nitrogen and oxygen atoms in total. The zero-order valence-corrected chi connectivity index (χ0v) is 19.7. The normalized spacial score (nSPS) is 21.2. The SMILES string of the molecule is Cc1ccc(C(=O)N2CCCC(C(=O)NCC3(c4ccc5c(c4)OCO5)CCOCC3)C2)cc1. The molecule has 0 aliphatic carbocycles. The number of piperidine rings is 1. The second-order valence-electron chi connectivity index (χ2n) is 9.63. The summed E-state index contributed by atoms with van der Waals surface area (Å²) >= 11 is 0. The van der Waals surface area contributed by atoms with Gasteiger partial charge in [0.1, 0.15) is 0 Å². The summed E-state index contributed by atoms with van der Waals surface area (Å²) in [5.41, 5.74) is 2.73. The molecule has 2 aromatic rings. The molecule has 2 aromatic carbocycles. The van der Waals surface area contributed by atoms with Gasteiger partial charge in [-0.05, 0) is 62.4 Å². The number of rotatable bonds is 5. The van der Waals surface area contributed by atoms with E-state index in [4.69, 9.17) is 14.2 Å². The molecule has 3 heterocycles. The van der Waals surface area contributed by atoms with E-state index in [1.165, 1.54) is 0 Å². The molecule has 0 saturated carbocycles. The minimum Gasteiger partial charge on any atom is -0.454 e. The Morgan fingerprint density at radius 3 is 2.62 bits per heavy atom. The number of hydrogen-bond acceptors (Lipinski definition) is 5. The van der Waals surface area contributed by atoms with Crippen LogP contribution in [0.15, 0.2) is 42.5 Å². The van der Waals surface area contributed by atoms with Gasteiger partial charge in [-0.15, -0.1) is 0 Å². The monoisotopic (exact) mass is 464 g/mol. The molecular formula is C27H32N2O5. The van der Waals surface area contributed by atoms with Crippen LogP contribution < -0.4 is 14.8 Å². The first-order valence-corrected chi connectivity index (χ1v) is 12.2. The Kier molecular flexibility index (Phi) is 6.46. The molecule has 1 atom stereocenters. The Bertz CT molecular complexity index is 1050. The zero-order valence-electron chi connectivity index (χ0n) is 19.7. The maximum absolute atomic E-state index is 13.2. The number of hydrogen-bond donors (Lipinski definition) is 1. The van der Waals surface area contributed by atoms with Crippen LogP contribution in [-0.2, 0) is 14.9 Å². The average molecular weight is 465 g/mol. The van der Waals surface area contributed by atoms with E-state index in [1.807, 2.05) is 48.2 Å². The lowest BCUT2D eigenvalue weighted by atomic mass is 9.74. The summed E-state index contributed by atoms with van der Waals surface area (Å²) in [6.07, 6.45) is 3.28. The van der Waals surface area contributed by atoms with E-state index in [1.54, 1.807) is 0 Å². The minimum atomic E-state index is -0.207. The quantitative estimate of drug-likeness (QED) is 0.734. The van der Waals surface area contributed by atoms with Gasteiger partial charge in [-0.25, -0.2) is 0 Å². The highest BCUT2D eigenvalue weighted by Crippen LogP contribution is 2.40. The third kappa shape index (κ3) is 4.62. The van der Waals surface area contributed by atoms with Crippen molar-refractivity contribution < 1.29 is 23.8 Å². The fourth-order valence-electron chi connectivity index (χ4n) is 5.21. The first-order chi connectivity index (χ1) is 16.5. The molecule has 1 N–H and O–H groups in total. The van der Waals surface area contributed by atoms with Gasteiger partial charge in [-0.3, -0.25) is 9.59 Å². The molecule has 180 valence electrons. The molecule has 3 aliphatic rings. The van der Waals surface area contributed by atoms with Crippen molar-refractivity contribution in [3.8, 4) is 11.5 Å². The van der Waals surface area contributed by atoms with Gasteiger partial charge in [-0.2, -0.15) is 0 Å². The summed E-state index contributed by atoms with van der Waals surface area (Å²) in [6, 6.07) is 13.7. The van der Waals surface area contributed by atoms with Crippen LogP contribution in [0.3, 0.4) is 0 Å². The fourth-order valence-corrected chi connectivity index (χ4v) is 5.21. The van der Waals surface area contributed by atoms with E-state index >= 15 is 0 Å². The number of benzene rings is 2. The lowest BCUT2D eigenvalue weighted by molar-refractivity contribution is -0.126. The zero-order chi connectivity index (χ0) is 23.5. The number of likely N-dealkylation sites (tertiary alicyclic amines) is 1. The van der Waals surface area contributed by atoms with Crippen LogP contribution >= 0.6 is 0 Å². The third-order valence-corrected chi connectivity index (χ3v) is 7.41. The summed E-state index contributed by atoms with van der Waals surface area (Å²) in [6.45, 7) is 5.25. The van der Waals surface area contributed by atoms with Crippen LogP contribution in [0.5, 0.6) is 11.5 Å². The van der Waals surface area contributed by atoms with Crippen molar-refractivity contribution in [1.29, 1.82) is 0 Å². The van der Waals surface area contributed by atoms with E-state index in [0.29, 0.717) is 38.4 Å². The molecule has 1 unspecified atom stereocenters. The molecule has 0 spiro atoms. The van der Waals surface area contributed by atoms with Crippen molar-refractivity contribution in [3.05, 3.63) is 59.2 Å². The molecule has 0 bridgehead atoms. The first-order valence-electron chi connectivity index (χ1n) is 12.2. The molecule has 2 saturated heterocycles. The van der Waals surface area contributed by atoms with Gasteiger partial charge >= 0.3 is 0 Å². The van der Waals surface area contributed by atoms with Gasteiger partial charge < -0.3 is 24.4 Å². The van der Waals surface area contributed by atoms with Crippen LogP contribution in [0.2, 0.25) is 0 Å². The highest BCUT2D eigenvalue weighted by molar-refractivity contribution is 5.94. The van der Waals surface area contributed by atoms with Crippen molar-refractivity contribution in [2.75, 3.05) is 39.6 Å². The highest BCUT2D eigenvalue weighted by Gasteiger charge is 2.37. The predicted molar refractivity (Wildman–Crippen MR) is 127 cm³/mol. The largest absolute Gasteiger partial charge is 0.454 e. The summed E-state index contributed by atoms with van der Waals surface area (Å²) in [7, 11) is 0. The van der Waals surface area contributed by atoms with Crippen LogP contribution in [-0.4, -0.2) is 56.4 Å². The Balaban J connectivity index is 1.25. The number of ether oxygens (including phenoxy) is 3. The van der Waals surface area contributed by atoms with Crippen molar-refractivity contribution in [2.45, 2.75) is 38.0 Å². The average Bonchev–Trinajstić information content (AvgIpc) is 3.36. The van der Waals surface area contributed by atoms with E-state index in [0.717, 1.165) is 48.3 Å². The van der Waals surface area contributed by atoms with Crippen molar-refractivity contribution in [2.24, 2.45) is 5.92 Å². The van der Waals surface area contributed by atoms with E-state index in [-0.39, 0.29) is 29.9 Å². The van der Waals surface area contributed by atoms with Crippen LogP contribution in [0.4, 0.5) is 0 Å². The van der Waals surface area contributed by atoms with E-state index < -0.39 is 0 Å². The van der Waals surface area contributed by atoms with Gasteiger partial charge in [0.15, 0.2) is 11.5 Å². The van der Waals surface area contributed by atoms with E-state index in [9.17, 15) is 9.59 Å². The number of carbonyl (C=O) groups excluding carboxylic acids is 2. The Morgan fingerprint density at radius 2 is 1.82 bits per heavy atom. The molecule has 5 rings (SSSR count). The van der Waals surface area contributed by atoms with Crippen LogP contribution in [0.25, 0.3) is 0 Å². The Morgan fingerprint density at radius 1 is 1.06 bits per heavy atom. The smallest absolute Gasteiger partial charge is 0.253 e. The summed E-state index contributed by atoms with van der Waals surface area (Å²) in [5, 5.41) is 3.23. The number of nitrogens with one attached hydrogen (secondary N) is 1. The lowest BCUT2D eigenvalue weighted by Gasteiger charge is -2.39. The number of nitrogens with zero attached hydrogens (tertiary/aromatic N) is 1. The van der Waals surface area contributed by atoms with Crippen molar-refractivity contribution in [1.82, 2.24) is 10.2 Å². The van der Waals surface area contributed by atoms with Crippen molar-refractivity contribution >= 4 is 11.8 Å². The van der Waals surface area contributed by atoms with Gasteiger partial charge in [0, 0.05) is 43.8 Å². The molecule has 2 fully saturated rings. The molecule has 3 aliphatic heterocycles. The molecule has 0 radical (unpaired) electrons. The number of amides is 2. The number of fused-ring (bicyclic) bond motifs is 1. The Labute approximate surface area is 200 Å². The fraction of sp³-hybridized carbons (Fsp3) is 0.481. The van der Waals surface area contributed by atoms with Crippen LogP contribution in [0, 0.1) is 12.8 Å². The predicted octanol–water partition coefficient (Wildman–Crippen LogP) is 3.44. The van der Waals surface area contributed by atoms with Crippen LogP contribution in [0.1, 0.15) is 47.2 Å². The molecule has 0 aromatic heterocycles. The summed E-state index contributed by atoms with van der Waals surface area (Å²) in [5.74, 6) is 1.34. The summed E-state index contributed by atoms with van der Waals surface area (Å²) in [4.78, 5) is 28.0. The van der Waals surface area contributed by atoms with E-state index in [2.05, 4.69) is 11.4 Å². The number of aryl methyl sites for hydroxylation is 1. The molecule has 2 amide bonds. The standard InChI is InChI=1S/C27H32N2O5/c1-19-4-6-20(7-5-19)26(31)29-12-2-3-21(16-29)25(30)28-17-27(10-13-32-14-11-27)22-8-9-23-24(15-22)34-18-33-23/h4-9,15,21H,2-3,10-14,16-18H2,1H3,(H,28,30). The minimum absolute atomic E-state index is 0.00115. The van der Waals surface area contributed by atoms with Gasteiger partial charge in [0.25, 0.3) is 5.91 Å². The second-order valence-corrected chi connectivity index (χ2v) is 9.63. The Hall–Kier alpha value is -3.06. The summed E-state index contributed by atoms with van der Waals surface area (Å²) < 4.78 is 16.7. The lowest BCUT2D eigenvalue weighted by Crippen LogP contribution is -2.49. The topological polar surface area (TPSA) is 77.1 Å². The highest BCUT2D eigenvalue weighted by atomic mass is 16.7. The maximum atomic E-state index is 13.2. The third-order valence-electron chi connectivity index (χ3n) is 7.41. The molecule has 34 heavy (non-hydrogen) atoms. The maximum Gasteiger partial charge on any atom is 0.253 e. The molecule has 7 heteroatoms. The van der Waals surface area contributed by atoms with Gasteiger partial charge in [0.2, 0.25) is 12.7 Å². The van der Waals surface area contributed by atoms with Gasteiger partial charge in [-0.1, -0.05) is 23.8 Å². The second kappa shape index (κ2) is 9.66.